The van der Waals surface area contributed by atoms with E-state index in [1.165, 1.54) is 5.56 Å². The molecule has 112 valence electrons. The average Bonchev–Trinajstić information content (AvgIpc) is 2.48. The van der Waals surface area contributed by atoms with Gasteiger partial charge >= 0.3 is 0 Å². The van der Waals surface area contributed by atoms with Gasteiger partial charge in [0, 0.05) is 12.6 Å². The van der Waals surface area contributed by atoms with Crippen molar-refractivity contribution in [3.63, 3.8) is 0 Å². The molecule has 0 radical (unpaired) electrons. The number of ether oxygens (including phenoxy) is 1. The van der Waals surface area contributed by atoms with Crippen molar-refractivity contribution in [2.45, 2.75) is 33.2 Å². The van der Waals surface area contributed by atoms with Crippen LogP contribution >= 0.6 is 11.6 Å². The minimum atomic E-state index is 0.398. The molecule has 0 bridgehead atoms. The van der Waals surface area contributed by atoms with Gasteiger partial charge in [-0.1, -0.05) is 50.6 Å². The van der Waals surface area contributed by atoms with Crippen molar-refractivity contribution >= 4 is 11.6 Å². The number of hydrogen-bond donors (Lipinski definition) is 1. The topological polar surface area (TPSA) is 34.2 Å². The first kappa shape index (κ1) is 15.8. The van der Waals surface area contributed by atoms with Gasteiger partial charge in [0.25, 0.3) is 0 Å². The first-order valence-electron chi connectivity index (χ1n) is 7.24. The van der Waals surface area contributed by atoms with Gasteiger partial charge in [0.2, 0.25) is 5.88 Å². The van der Waals surface area contributed by atoms with E-state index in [1.807, 2.05) is 31.2 Å². The van der Waals surface area contributed by atoms with Crippen LogP contribution in [0.3, 0.4) is 0 Å². The maximum atomic E-state index is 6.16. The molecule has 4 heteroatoms. The molecule has 1 N–H and O–H groups in total. The molecule has 0 aliphatic carbocycles. The Kier molecular flexibility index (Phi) is 5.59. The summed E-state index contributed by atoms with van der Waals surface area (Å²) in [6.07, 6.45) is 0. The lowest BCUT2D eigenvalue weighted by atomic mass is 10.0. The van der Waals surface area contributed by atoms with E-state index in [0.717, 1.165) is 18.0 Å². The molecule has 21 heavy (non-hydrogen) atoms. The number of aromatic nitrogens is 1. The Labute approximate surface area is 131 Å². The van der Waals surface area contributed by atoms with E-state index in [9.17, 15) is 0 Å². The van der Waals surface area contributed by atoms with Crippen molar-refractivity contribution in [2.24, 2.45) is 0 Å². The number of nitrogens with zero attached hydrogens (tertiary/aromatic N) is 1. The van der Waals surface area contributed by atoms with Gasteiger partial charge < -0.3 is 10.1 Å². The Morgan fingerprint density at radius 2 is 1.95 bits per heavy atom. The molecule has 2 rings (SSSR count). The second-order valence-corrected chi connectivity index (χ2v) is 5.56. The number of pyridine rings is 1. The molecule has 0 aliphatic heterocycles. The predicted molar refractivity (Wildman–Crippen MR) is 87.2 cm³/mol. The van der Waals surface area contributed by atoms with Crippen molar-refractivity contribution in [3.05, 3.63) is 52.7 Å². The molecule has 3 nitrogen and oxygen atoms in total. The number of para-hydroxylation sites is 1. The first-order valence-corrected chi connectivity index (χ1v) is 7.62. The van der Waals surface area contributed by atoms with E-state index in [1.54, 1.807) is 6.07 Å². The molecule has 1 aromatic heterocycles. The number of nitrogens with one attached hydrogen (secondary N) is 1. The largest absolute Gasteiger partial charge is 0.439 e. The molecular weight excluding hydrogens is 284 g/mol. The summed E-state index contributed by atoms with van der Waals surface area (Å²) in [6, 6.07) is 11.7. The summed E-state index contributed by atoms with van der Waals surface area (Å²) >= 11 is 6.16. The minimum absolute atomic E-state index is 0.398. The molecule has 2 aromatic rings. The number of halogens is 1. The number of hydrogen-bond acceptors (Lipinski definition) is 3. The molecule has 0 unspecified atom stereocenters. The molecule has 0 aliphatic rings. The van der Waals surface area contributed by atoms with E-state index in [-0.39, 0.29) is 0 Å². The molecule has 0 spiro atoms. The van der Waals surface area contributed by atoms with Crippen LogP contribution in [-0.2, 0) is 6.54 Å². The normalized spacial score (nSPS) is 10.9. The van der Waals surface area contributed by atoms with Gasteiger partial charge in [-0.05, 0) is 30.2 Å². The van der Waals surface area contributed by atoms with Gasteiger partial charge in [0.15, 0.2) is 0 Å². The predicted octanol–water partition coefficient (Wildman–Crippen LogP) is 4.76. The van der Waals surface area contributed by atoms with Crippen LogP contribution in [-0.4, -0.2) is 11.5 Å². The van der Waals surface area contributed by atoms with Gasteiger partial charge in [-0.15, -0.1) is 0 Å². The maximum absolute atomic E-state index is 6.16. The van der Waals surface area contributed by atoms with Gasteiger partial charge in [0.05, 0.1) is 10.7 Å². The zero-order valence-electron chi connectivity index (χ0n) is 12.7. The average molecular weight is 305 g/mol. The molecule has 0 saturated carbocycles. The highest BCUT2D eigenvalue weighted by atomic mass is 35.5. The molecule has 0 atom stereocenters. The molecular formula is C17H21ClN2O. The summed E-state index contributed by atoms with van der Waals surface area (Å²) in [5.74, 6) is 1.81. The van der Waals surface area contributed by atoms with Crippen molar-refractivity contribution in [2.75, 3.05) is 6.54 Å². The smallest absolute Gasteiger partial charge is 0.219 e. The fourth-order valence-electron chi connectivity index (χ4n) is 2.05. The molecule has 1 aromatic carbocycles. The Balaban J connectivity index is 2.24. The lowest BCUT2D eigenvalue weighted by Gasteiger charge is -2.14. The van der Waals surface area contributed by atoms with E-state index in [4.69, 9.17) is 16.3 Å². The van der Waals surface area contributed by atoms with Crippen molar-refractivity contribution < 1.29 is 4.74 Å². The summed E-state index contributed by atoms with van der Waals surface area (Å²) in [4.78, 5) is 4.49. The zero-order valence-corrected chi connectivity index (χ0v) is 13.4. The first-order chi connectivity index (χ1) is 10.1. The third-order valence-electron chi connectivity index (χ3n) is 3.19. The molecule has 0 amide bonds. The second kappa shape index (κ2) is 7.43. The van der Waals surface area contributed by atoms with Crippen LogP contribution in [0.15, 0.2) is 36.4 Å². The van der Waals surface area contributed by atoms with Crippen LogP contribution in [0.25, 0.3) is 0 Å². The minimum Gasteiger partial charge on any atom is -0.439 e. The number of rotatable bonds is 6. The summed E-state index contributed by atoms with van der Waals surface area (Å²) in [6.45, 7) is 7.85. The monoisotopic (exact) mass is 304 g/mol. The molecule has 0 saturated heterocycles. The van der Waals surface area contributed by atoms with Gasteiger partial charge in [-0.3, -0.25) is 0 Å². The zero-order chi connectivity index (χ0) is 15.2. The van der Waals surface area contributed by atoms with Gasteiger partial charge in [-0.25, -0.2) is 4.98 Å². The molecule has 1 heterocycles. The van der Waals surface area contributed by atoms with Crippen LogP contribution in [0.5, 0.6) is 11.6 Å². The van der Waals surface area contributed by atoms with Crippen molar-refractivity contribution in [3.8, 4) is 11.6 Å². The van der Waals surface area contributed by atoms with Gasteiger partial charge in [-0.2, -0.15) is 0 Å². The van der Waals surface area contributed by atoms with Crippen LogP contribution in [0.1, 0.15) is 37.9 Å². The Morgan fingerprint density at radius 1 is 1.19 bits per heavy atom. The van der Waals surface area contributed by atoms with E-state index < -0.39 is 0 Å². The lowest BCUT2D eigenvalue weighted by molar-refractivity contribution is 0.451. The van der Waals surface area contributed by atoms with Crippen LogP contribution in [0.2, 0.25) is 5.02 Å². The van der Waals surface area contributed by atoms with Crippen LogP contribution in [0.4, 0.5) is 0 Å². The third kappa shape index (κ3) is 4.19. The van der Waals surface area contributed by atoms with Crippen LogP contribution < -0.4 is 10.1 Å². The summed E-state index contributed by atoms with van der Waals surface area (Å²) in [5.41, 5.74) is 1.97. The Hall–Kier alpha value is -1.58. The van der Waals surface area contributed by atoms with E-state index in [0.29, 0.717) is 23.4 Å². The Bertz CT molecular complexity index is 599. The Morgan fingerprint density at radius 3 is 2.67 bits per heavy atom. The molecule has 0 fully saturated rings. The van der Waals surface area contributed by atoms with Gasteiger partial charge in [0.1, 0.15) is 5.75 Å². The quantitative estimate of drug-likeness (QED) is 0.835. The second-order valence-electron chi connectivity index (χ2n) is 5.15. The maximum Gasteiger partial charge on any atom is 0.219 e. The van der Waals surface area contributed by atoms with Crippen molar-refractivity contribution in [1.82, 2.24) is 10.3 Å². The summed E-state index contributed by atoms with van der Waals surface area (Å²) in [7, 11) is 0. The number of benzene rings is 1. The lowest BCUT2D eigenvalue weighted by Crippen LogP contribution is -2.13. The van der Waals surface area contributed by atoms with Crippen molar-refractivity contribution in [1.29, 1.82) is 0 Å². The van der Waals surface area contributed by atoms with E-state index in [2.05, 4.69) is 30.2 Å². The SMILES string of the molecule is CCNCc1nc(Oc2ccccc2C(C)C)ccc1Cl. The summed E-state index contributed by atoms with van der Waals surface area (Å²) < 4.78 is 5.95. The van der Waals surface area contributed by atoms with Crippen LogP contribution in [0, 0.1) is 0 Å². The fraction of sp³-hybridized carbons (Fsp3) is 0.353. The standard InChI is InChI=1S/C17H21ClN2O/c1-4-19-11-15-14(18)9-10-17(20-15)21-16-8-6-5-7-13(16)12(2)3/h5-10,12,19H,4,11H2,1-3H3. The van der Waals surface area contributed by atoms with E-state index >= 15 is 0 Å². The highest BCUT2D eigenvalue weighted by molar-refractivity contribution is 6.31. The third-order valence-corrected chi connectivity index (χ3v) is 3.54. The highest BCUT2D eigenvalue weighted by Gasteiger charge is 2.10. The highest BCUT2D eigenvalue weighted by Crippen LogP contribution is 2.30. The summed E-state index contributed by atoms with van der Waals surface area (Å²) in [5, 5.41) is 3.88. The fourth-order valence-corrected chi connectivity index (χ4v) is 2.22.